The summed E-state index contributed by atoms with van der Waals surface area (Å²) >= 11 is 0. The summed E-state index contributed by atoms with van der Waals surface area (Å²) in [4.78, 5) is 11.8. The molecule has 1 amide bonds. The van der Waals surface area contributed by atoms with Crippen LogP contribution in [0.3, 0.4) is 0 Å². The van der Waals surface area contributed by atoms with Crippen LogP contribution in [0.25, 0.3) is 0 Å². The van der Waals surface area contributed by atoms with Gasteiger partial charge < -0.3 is 15.8 Å². The van der Waals surface area contributed by atoms with E-state index in [0.717, 1.165) is 12.8 Å². The summed E-state index contributed by atoms with van der Waals surface area (Å²) in [6, 6.07) is 0. The molecule has 0 aliphatic heterocycles. The number of nitrogens with two attached hydrogens (primary N) is 1. The number of hydrogen-bond donors (Lipinski definition) is 2. The molecule has 5 heteroatoms. The molecule has 18 heavy (non-hydrogen) atoms. The van der Waals surface area contributed by atoms with E-state index in [1.165, 1.54) is 19.3 Å². The van der Waals surface area contributed by atoms with Gasteiger partial charge in [0.1, 0.15) is 0 Å². The van der Waals surface area contributed by atoms with E-state index in [1.807, 2.05) is 6.92 Å². The maximum atomic E-state index is 11.8. The van der Waals surface area contributed by atoms with Gasteiger partial charge in [0.15, 0.2) is 0 Å². The van der Waals surface area contributed by atoms with Crippen molar-refractivity contribution in [2.45, 2.75) is 45.4 Å². The molecule has 1 aliphatic rings. The van der Waals surface area contributed by atoms with Crippen molar-refractivity contribution in [2.24, 2.45) is 11.1 Å². The largest absolute Gasteiger partial charge is 0.380 e. The van der Waals surface area contributed by atoms with Crippen LogP contribution in [0.2, 0.25) is 0 Å². The van der Waals surface area contributed by atoms with Crippen molar-refractivity contribution in [3.8, 4) is 0 Å². The Bertz CT molecular complexity index is 231. The number of carbonyl (C=O) groups excluding carboxylic acids is 1. The molecule has 1 rings (SSSR count). The zero-order chi connectivity index (χ0) is 12.6. The number of rotatable bonds is 7. The van der Waals surface area contributed by atoms with Crippen LogP contribution >= 0.6 is 12.4 Å². The summed E-state index contributed by atoms with van der Waals surface area (Å²) < 4.78 is 5.19. The third-order valence-corrected chi connectivity index (χ3v) is 3.66. The number of carbonyl (C=O) groups is 1. The second-order valence-electron chi connectivity index (χ2n) is 4.99. The van der Waals surface area contributed by atoms with Crippen LogP contribution in [0.15, 0.2) is 0 Å². The van der Waals surface area contributed by atoms with Gasteiger partial charge in [-0.3, -0.25) is 4.79 Å². The number of nitrogens with one attached hydrogen (secondary N) is 1. The molecule has 4 nitrogen and oxygen atoms in total. The van der Waals surface area contributed by atoms with Crippen LogP contribution in [0.5, 0.6) is 0 Å². The standard InChI is InChI=1S/C13H26N2O2.ClH/c1-2-17-9-8-15-12(16)10-13(11-14)6-4-3-5-7-13;/h2-11,14H2,1H3,(H,15,16);1H. The van der Waals surface area contributed by atoms with Gasteiger partial charge >= 0.3 is 0 Å². The highest BCUT2D eigenvalue weighted by molar-refractivity contribution is 5.85. The first kappa shape index (κ1) is 17.7. The topological polar surface area (TPSA) is 64.3 Å². The van der Waals surface area contributed by atoms with Crippen LogP contribution in [-0.2, 0) is 9.53 Å². The van der Waals surface area contributed by atoms with E-state index in [0.29, 0.717) is 32.7 Å². The average Bonchev–Trinajstić information content (AvgIpc) is 2.36. The predicted octanol–water partition coefficient (Wildman–Crippen LogP) is 1.86. The van der Waals surface area contributed by atoms with Gasteiger partial charge in [0.25, 0.3) is 0 Å². The maximum Gasteiger partial charge on any atom is 0.220 e. The molecule has 0 radical (unpaired) electrons. The first-order valence-corrected chi connectivity index (χ1v) is 6.77. The van der Waals surface area contributed by atoms with E-state index >= 15 is 0 Å². The van der Waals surface area contributed by atoms with Crippen molar-refractivity contribution < 1.29 is 9.53 Å². The van der Waals surface area contributed by atoms with Crippen LogP contribution in [0, 0.1) is 5.41 Å². The SMILES string of the molecule is CCOCCNC(=O)CC1(CN)CCCCC1.Cl. The Morgan fingerprint density at radius 1 is 1.33 bits per heavy atom. The average molecular weight is 279 g/mol. The molecule has 0 saturated heterocycles. The molecule has 1 fully saturated rings. The van der Waals surface area contributed by atoms with Crippen LogP contribution < -0.4 is 11.1 Å². The molecule has 0 heterocycles. The molecule has 1 saturated carbocycles. The summed E-state index contributed by atoms with van der Waals surface area (Å²) in [7, 11) is 0. The summed E-state index contributed by atoms with van der Waals surface area (Å²) in [6.07, 6.45) is 6.49. The number of hydrogen-bond acceptors (Lipinski definition) is 3. The lowest BCUT2D eigenvalue weighted by atomic mass is 9.72. The van der Waals surface area contributed by atoms with E-state index in [1.54, 1.807) is 0 Å². The Morgan fingerprint density at radius 3 is 2.56 bits per heavy atom. The zero-order valence-corrected chi connectivity index (χ0v) is 12.2. The number of ether oxygens (including phenoxy) is 1. The van der Waals surface area contributed by atoms with Crippen molar-refractivity contribution in [1.82, 2.24) is 5.32 Å². The summed E-state index contributed by atoms with van der Waals surface area (Å²) in [5, 5.41) is 2.90. The molecule has 0 bridgehead atoms. The lowest BCUT2D eigenvalue weighted by molar-refractivity contribution is -0.124. The lowest BCUT2D eigenvalue weighted by Crippen LogP contribution is -2.39. The monoisotopic (exact) mass is 278 g/mol. The first-order chi connectivity index (χ1) is 8.22. The van der Waals surface area contributed by atoms with E-state index in [4.69, 9.17) is 10.5 Å². The summed E-state index contributed by atoms with van der Waals surface area (Å²) in [6.45, 7) is 4.48. The van der Waals surface area contributed by atoms with Gasteiger partial charge in [-0.1, -0.05) is 19.3 Å². The first-order valence-electron chi connectivity index (χ1n) is 6.77. The van der Waals surface area contributed by atoms with E-state index in [9.17, 15) is 4.79 Å². The highest BCUT2D eigenvalue weighted by Gasteiger charge is 2.32. The van der Waals surface area contributed by atoms with Crippen LogP contribution in [0.1, 0.15) is 45.4 Å². The lowest BCUT2D eigenvalue weighted by Gasteiger charge is -2.35. The van der Waals surface area contributed by atoms with Crippen LogP contribution in [-0.4, -0.2) is 32.2 Å². The third kappa shape index (κ3) is 6.03. The molecule has 0 aromatic rings. The minimum absolute atomic E-state index is 0. The minimum atomic E-state index is 0. The Morgan fingerprint density at radius 2 is 2.00 bits per heavy atom. The molecule has 1 aliphatic carbocycles. The van der Waals surface area contributed by atoms with E-state index in [2.05, 4.69) is 5.32 Å². The Labute approximate surface area is 116 Å². The molecule has 0 aromatic carbocycles. The van der Waals surface area contributed by atoms with Crippen molar-refractivity contribution in [3.63, 3.8) is 0 Å². The Balaban J connectivity index is 0.00000289. The fourth-order valence-corrected chi connectivity index (χ4v) is 2.56. The predicted molar refractivity (Wildman–Crippen MR) is 75.9 cm³/mol. The Hall–Kier alpha value is -0.320. The smallest absolute Gasteiger partial charge is 0.220 e. The molecule has 0 atom stereocenters. The summed E-state index contributed by atoms with van der Waals surface area (Å²) in [5.74, 6) is 0.122. The fraction of sp³-hybridized carbons (Fsp3) is 0.923. The highest BCUT2D eigenvalue weighted by Crippen LogP contribution is 2.38. The normalized spacial score (nSPS) is 17.9. The maximum absolute atomic E-state index is 11.8. The van der Waals surface area contributed by atoms with Crippen LogP contribution in [0.4, 0.5) is 0 Å². The second-order valence-corrected chi connectivity index (χ2v) is 4.99. The second kappa shape index (κ2) is 9.59. The quantitative estimate of drug-likeness (QED) is 0.699. The van der Waals surface area contributed by atoms with Gasteiger partial charge in [-0.25, -0.2) is 0 Å². The van der Waals surface area contributed by atoms with Crippen molar-refractivity contribution in [1.29, 1.82) is 0 Å². The van der Waals surface area contributed by atoms with Crippen molar-refractivity contribution in [3.05, 3.63) is 0 Å². The van der Waals surface area contributed by atoms with E-state index < -0.39 is 0 Å². The molecular weight excluding hydrogens is 252 g/mol. The van der Waals surface area contributed by atoms with Gasteiger partial charge in [0.05, 0.1) is 6.61 Å². The zero-order valence-electron chi connectivity index (χ0n) is 11.4. The van der Waals surface area contributed by atoms with Gasteiger partial charge in [0.2, 0.25) is 5.91 Å². The van der Waals surface area contributed by atoms with Gasteiger partial charge in [-0.05, 0) is 31.7 Å². The third-order valence-electron chi connectivity index (χ3n) is 3.66. The highest BCUT2D eigenvalue weighted by atomic mass is 35.5. The van der Waals surface area contributed by atoms with Crippen molar-refractivity contribution in [2.75, 3.05) is 26.3 Å². The molecule has 0 unspecified atom stereocenters. The van der Waals surface area contributed by atoms with E-state index in [-0.39, 0.29) is 23.7 Å². The Kier molecular flexibility index (Phi) is 9.42. The molecule has 3 N–H and O–H groups in total. The number of amides is 1. The fourth-order valence-electron chi connectivity index (χ4n) is 2.56. The molecule has 0 aromatic heterocycles. The van der Waals surface area contributed by atoms with Gasteiger partial charge in [0, 0.05) is 19.6 Å². The minimum Gasteiger partial charge on any atom is -0.380 e. The molecule has 108 valence electrons. The number of halogens is 1. The van der Waals surface area contributed by atoms with Gasteiger partial charge in [-0.15, -0.1) is 12.4 Å². The molecule has 0 spiro atoms. The van der Waals surface area contributed by atoms with Gasteiger partial charge in [-0.2, -0.15) is 0 Å². The van der Waals surface area contributed by atoms with Crippen molar-refractivity contribution >= 4 is 18.3 Å². The molecular formula is C13H27ClN2O2. The summed E-state index contributed by atoms with van der Waals surface area (Å²) in [5.41, 5.74) is 5.92.